The highest BCUT2D eigenvalue weighted by Gasteiger charge is 2.35. The van der Waals surface area contributed by atoms with Crippen molar-refractivity contribution in [2.24, 2.45) is 5.92 Å². The molecule has 1 aromatic rings. The standard InChI is InChI=1S/C19H25N3O5S/c1-12(2)11-21-13(3)16(18(23)27-9-8-26-4)17(20-19(21)28)14-6-5-7-15(10-14)22(24)25/h5-7,10,12,17H,8-9,11H2,1-4H3,(H,20,28)/t17-/m0/s1. The first-order valence-electron chi connectivity index (χ1n) is 8.95. The summed E-state index contributed by atoms with van der Waals surface area (Å²) < 4.78 is 10.3. The number of carbonyl (C=O) groups is 1. The maximum atomic E-state index is 12.8. The highest BCUT2D eigenvalue weighted by Crippen LogP contribution is 2.33. The fourth-order valence-electron chi connectivity index (χ4n) is 2.99. The molecule has 0 unspecified atom stereocenters. The van der Waals surface area contributed by atoms with Gasteiger partial charge in [0.25, 0.3) is 5.69 Å². The first-order chi connectivity index (χ1) is 13.3. The topological polar surface area (TPSA) is 93.9 Å². The molecule has 0 radical (unpaired) electrons. The Morgan fingerprint density at radius 1 is 1.39 bits per heavy atom. The van der Waals surface area contributed by atoms with Gasteiger partial charge in [-0.15, -0.1) is 0 Å². The zero-order valence-electron chi connectivity index (χ0n) is 16.4. The van der Waals surface area contributed by atoms with Gasteiger partial charge in [-0.2, -0.15) is 0 Å². The Kier molecular flexibility index (Phi) is 7.47. The van der Waals surface area contributed by atoms with E-state index in [4.69, 9.17) is 21.7 Å². The van der Waals surface area contributed by atoms with E-state index in [-0.39, 0.29) is 18.9 Å². The molecule has 0 amide bonds. The summed E-state index contributed by atoms with van der Waals surface area (Å²) in [5.41, 5.74) is 1.57. The Labute approximate surface area is 169 Å². The van der Waals surface area contributed by atoms with E-state index in [2.05, 4.69) is 19.2 Å². The zero-order chi connectivity index (χ0) is 20.8. The van der Waals surface area contributed by atoms with Crippen LogP contribution in [0.4, 0.5) is 5.69 Å². The molecular formula is C19H25N3O5S. The van der Waals surface area contributed by atoms with E-state index in [0.29, 0.717) is 34.4 Å². The lowest BCUT2D eigenvalue weighted by Crippen LogP contribution is -2.49. The predicted octanol–water partition coefficient (Wildman–Crippen LogP) is 2.95. The van der Waals surface area contributed by atoms with Crippen molar-refractivity contribution in [3.8, 4) is 0 Å². The number of nitrogens with one attached hydrogen (secondary N) is 1. The quantitative estimate of drug-likeness (QED) is 0.231. The molecule has 152 valence electrons. The number of allylic oxidation sites excluding steroid dienone is 1. The van der Waals surface area contributed by atoms with Crippen LogP contribution in [0.15, 0.2) is 35.5 Å². The first kappa shape index (κ1) is 21.8. The highest BCUT2D eigenvalue weighted by molar-refractivity contribution is 7.80. The molecule has 0 aromatic heterocycles. The van der Waals surface area contributed by atoms with E-state index in [1.165, 1.54) is 19.2 Å². The van der Waals surface area contributed by atoms with Crippen LogP contribution in [0.5, 0.6) is 0 Å². The third kappa shape index (κ3) is 5.05. The van der Waals surface area contributed by atoms with Gasteiger partial charge in [0.2, 0.25) is 0 Å². The van der Waals surface area contributed by atoms with Crippen LogP contribution < -0.4 is 5.32 Å². The van der Waals surface area contributed by atoms with E-state index in [1.54, 1.807) is 12.1 Å². The van der Waals surface area contributed by atoms with Gasteiger partial charge in [-0.3, -0.25) is 10.1 Å². The maximum Gasteiger partial charge on any atom is 0.338 e. The SMILES string of the molecule is COCCOC(=O)C1=C(C)N(CC(C)C)C(=S)N[C@H]1c1cccc([N+](=O)[O-])c1. The van der Waals surface area contributed by atoms with Crippen LogP contribution >= 0.6 is 12.2 Å². The molecule has 0 saturated carbocycles. The predicted molar refractivity (Wildman–Crippen MR) is 109 cm³/mol. The van der Waals surface area contributed by atoms with E-state index < -0.39 is 16.9 Å². The average molecular weight is 407 g/mol. The van der Waals surface area contributed by atoms with E-state index in [1.807, 2.05) is 11.8 Å². The number of methoxy groups -OCH3 is 1. The van der Waals surface area contributed by atoms with Gasteiger partial charge in [0, 0.05) is 31.5 Å². The number of non-ortho nitro benzene ring substituents is 1. The Balaban J connectivity index is 2.48. The van der Waals surface area contributed by atoms with Gasteiger partial charge in [0.05, 0.1) is 23.1 Å². The summed E-state index contributed by atoms with van der Waals surface area (Å²) in [6.45, 7) is 6.95. The van der Waals surface area contributed by atoms with Crippen molar-refractivity contribution >= 4 is 29.0 Å². The Bertz CT molecular complexity index is 794. The van der Waals surface area contributed by atoms with Gasteiger partial charge in [-0.1, -0.05) is 26.0 Å². The van der Waals surface area contributed by atoms with Crippen LogP contribution in [-0.4, -0.2) is 47.8 Å². The highest BCUT2D eigenvalue weighted by atomic mass is 32.1. The van der Waals surface area contributed by atoms with Gasteiger partial charge in [-0.25, -0.2) is 4.79 Å². The number of thiocarbonyl (C=S) groups is 1. The monoisotopic (exact) mass is 407 g/mol. The summed E-state index contributed by atoms with van der Waals surface area (Å²) in [7, 11) is 1.52. The second-order valence-electron chi connectivity index (χ2n) is 6.87. The van der Waals surface area contributed by atoms with Crippen molar-refractivity contribution in [1.82, 2.24) is 10.2 Å². The number of ether oxygens (including phenoxy) is 2. The molecule has 1 N–H and O–H groups in total. The van der Waals surface area contributed by atoms with Crippen LogP contribution in [-0.2, 0) is 14.3 Å². The number of hydrogen-bond acceptors (Lipinski definition) is 6. The van der Waals surface area contributed by atoms with E-state index >= 15 is 0 Å². The molecule has 0 aliphatic carbocycles. The van der Waals surface area contributed by atoms with Gasteiger partial charge in [0.15, 0.2) is 5.11 Å². The number of nitro benzene ring substituents is 1. The summed E-state index contributed by atoms with van der Waals surface area (Å²) >= 11 is 5.50. The van der Waals surface area contributed by atoms with Crippen molar-refractivity contribution in [2.75, 3.05) is 26.9 Å². The number of rotatable bonds is 8. The molecule has 0 spiro atoms. The van der Waals surface area contributed by atoms with Crippen LogP contribution in [0.3, 0.4) is 0 Å². The minimum Gasteiger partial charge on any atom is -0.460 e. The molecule has 2 rings (SSSR count). The van der Waals surface area contributed by atoms with Crippen molar-refractivity contribution in [3.05, 3.63) is 51.2 Å². The Morgan fingerprint density at radius 2 is 2.11 bits per heavy atom. The number of nitro groups is 1. The number of esters is 1. The molecule has 1 aromatic carbocycles. The lowest BCUT2D eigenvalue weighted by atomic mass is 9.94. The molecular weight excluding hydrogens is 382 g/mol. The van der Waals surface area contributed by atoms with Crippen molar-refractivity contribution in [3.63, 3.8) is 0 Å². The fourth-order valence-corrected chi connectivity index (χ4v) is 3.32. The summed E-state index contributed by atoms with van der Waals surface area (Å²) in [5, 5.41) is 14.8. The average Bonchev–Trinajstić information content (AvgIpc) is 2.64. The number of benzene rings is 1. The normalized spacial score (nSPS) is 17.0. The summed E-state index contributed by atoms with van der Waals surface area (Å²) in [5.74, 6) is -0.190. The summed E-state index contributed by atoms with van der Waals surface area (Å²) in [6, 6.07) is 5.52. The molecule has 0 saturated heterocycles. The largest absolute Gasteiger partial charge is 0.460 e. The maximum absolute atomic E-state index is 12.8. The third-order valence-electron chi connectivity index (χ3n) is 4.30. The van der Waals surface area contributed by atoms with Crippen LogP contribution in [0.1, 0.15) is 32.4 Å². The van der Waals surface area contributed by atoms with Crippen molar-refractivity contribution in [2.45, 2.75) is 26.8 Å². The van der Waals surface area contributed by atoms with E-state index in [9.17, 15) is 14.9 Å². The third-order valence-corrected chi connectivity index (χ3v) is 4.64. The lowest BCUT2D eigenvalue weighted by molar-refractivity contribution is -0.384. The van der Waals surface area contributed by atoms with Crippen molar-refractivity contribution in [1.29, 1.82) is 0 Å². The molecule has 9 heteroatoms. The van der Waals surface area contributed by atoms with Gasteiger partial charge in [0.1, 0.15) is 6.61 Å². The number of hydrogen-bond donors (Lipinski definition) is 1. The van der Waals surface area contributed by atoms with Crippen LogP contribution in [0.25, 0.3) is 0 Å². The first-order valence-corrected chi connectivity index (χ1v) is 9.36. The van der Waals surface area contributed by atoms with Gasteiger partial charge < -0.3 is 19.7 Å². The number of nitrogens with zero attached hydrogens (tertiary/aromatic N) is 2. The molecule has 1 aliphatic rings. The molecule has 1 atom stereocenters. The Hall–Kier alpha value is -2.52. The summed E-state index contributed by atoms with van der Waals surface area (Å²) in [4.78, 5) is 25.4. The molecule has 1 aliphatic heterocycles. The minimum absolute atomic E-state index is 0.0559. The zero-order valence-corrected chi connectivity index (χ0v) is 17.2. The second-order valence-corrected chi connectivity index (χ2v) is 7.25. The number of carbonyl (C=O) groups excluding carboxylic acids is 1. The molecule has 28 heavy (non-hydrogen) atoms. The van der Waals surface area contributed by atoms with Gasteiger partial charge in [-0.05, 0) is 30.6 Å². The molecule has 0 fully saturated rings. The second kappa shape index (κ2) is 9.61. The molecule has 1 heterocycles. The molecule has 8 nitrogen and oxygen atoms in total. The van der Waals surface area contributed by atoms with Crippen LogP contribution in [0.2, 0.25) is 0 Å². The van der Waals surface area contributed by atoms with Crippen molar-refractivity contribution < 1.29 is 19.2 Å². The van der Waals surface area contributed by atoms with Crippen LogP contribution in [0, 0.1) is 16.0 Å². The van der Waals surface area contributed by atoms with E-state index in [0.717, 1.165) is 0 Å². The van der Waals surface area contributed by atoms with Gasteiger partial charge >= 0.3 is 5.97 Å². The Morgan fingerprint density at radius 3 is 2.71 bits per heavy atom. The minimum atomic E-state index is -0.633. The molecule has 0 bridgehead atoms. The smallest absolute Gasteiger partial charge is 0.338 e. The fraction of sp³-hybridized carbons (Fsp3) is 0.474. The lowest BCUT2D eigenvalue weighted by Gasteiger charge is -2.38. The summed E-state index contributed by atoms with van der Waals surface area (Å²) in [6.07, 6.45) is 0.